The number of benzene rings is 1. The molecule has 1 aromatic carbocycles. The molecule has 0 spiro atoms. The average molecular weight is 274 g/mol. The number of likely N-dealkylation sites (N-methyl/N-ethyl adjacent to an activating group) is 1. The fraction of sp³-hybridized carbons (Fsp3) is 0.438. The van der Waals surface area contributed by atoms with Crippen molar-refractivity contribution in [3.05, 3.63) is 30.0 Å². The number of carbonyl (C=O) groups excluding carboxylic acids is 1. The number of ether oxygens (including phenoxy) is 1. The molecule has 2 rings (SSSR count). The van der Waals surface area contributed by atoms with Gasteiger partial charge in [-0.2, -0.15) is 0 Å². The Bertz CT molecular complexity index is 608. The van der Waals surface area contributed by atoms with Gasteiger partial charge in [0.05, 0.1) is 5.41 Å². The highest BCUT2D eigenvalue weighted by atomic mass is 16.5. The molecule has 4 nitrogen and oxygen atoms in total. The number of H-pyrrole nitrogens is 1. The Morgan fingerprint density at radius 1 is 1.35 bits per heavy atom. The van der Waals surface area contributed by atoms with Crippen LogP contribution in [0.3, 0.4) is 0 Å². The van der Waals surface area contributed by atoms with Gasteiger partial charge in [0.25, 0.3) is 0 Å². The predicted molar refractivity (Wildman–Crippen MR) is 81.0 cm³/mol. The van der Waals surface area contributed by atoms with Crippen LogP contribution >= 0.6 is 0 Å². The molecule has 0 saturated heterocycles. The van der Waals surface area contributed by atoms with E-state index in [2.05, 4.69) is 10.3 Å². The first-order valence-corrected chi connectivity index (χ1v) is 6.89. The van der Waals surface area contributed by atoms with Crippen LogP contribution in [-0.2, 0) is 11.2 Å². The summed E-state index contributed by atoms with van der Waals surface area (Å²) < 4.78 is 5.59. The Kier molecular flexibility index (Phi) is 4.14. The number of nitrogens with one attached hydrogen (secondary N) is 2. The van der Waals surface area contributed by atoms with Crippen molar-refractivity contribution in [2.24, 2.45) is 5.41 Å². The maximum absolute atomic E-state index is 12.1. The Balaban J connectivity index is 2.37. The standard InChI is InChI=1S/C16H22N2O2/c1-16(2,3)15(19)20-13-7-5-6-12-14(13)11(10-18-12)8-9-17-4/h5-7,10,17-18H,8-9H2,1-4H3. The summed E-state index contributed by atoms with van der Waals surface area (Å²) in [4.78, 5) is 15.3. The van der Waals surface area contributed by atoms with E-state index in [1.807, 2.05) is 52.2 Å². The lowest BCUT2D eigenvalue weighted by Gasteiger charge is -2.17. The van der Waals surface area contributed by atoms with E-state index in [1.54, 1.807) is 0 Å². The molecule has 0 bridgehead atoms. The lowest BCUT2D eigenvalue weighted by atomic mass is 9.97. The van der Waals surface area contributed by atoms with Gasteiger partial charge in [-0.15, -0.1) is 0 Å². The highest BCUT2D eigenvalue weighted by Gasteiger charge is 2.24. The molecule has 20 heavy (non-hydrogen) atoms. The van der Waals surface area contributed by atoms with Crippen LogP contribution in [0.25, 0.3) is 10.9 Å². The van der Waals surface area contributed by atoms with Gasteiger partial charge < -0.3 is 15.0 Å². The number of hydrogen-bond acceptors (Lipinski definition) is 3. The van der Waals surface area contributed by atoms with Gasteiger partial charge in [0.2, 0.25) is 0 Å². The summed E-state index contributed by atoms with van der Waals surface area (Å²) in [6.07, 6.45) is 2.87. The smallest absolute Gasteiger partial charge is 0.316 e. The summed E-state index contributed by atoms with van der Waals surface area (Å²) in [5, 5.41) is 4.13. The van der Waals surface area contributed by atoms with Crippen molar-refractivity contribution in [3.8, 4) is 5.75 Å². The minimum Gasteiger partial charge on any atom is -0.425 e. The second-order valence-electron chi connectivity index (χ2n) is 5.99. The summed E-state index contributed by atoms with van der Waals surface area (Å²) in [5.74, 6) is 0.417. The zero-order chi connectivity index (χ0) is 14.8. The van der Waals surface area contributed by atoms with Crippen LogP contribution in [0, 0.1) is 5.41 Å². The molecule has 0 amide bonds. The molecular weight excluding hydrogens is 252 g/mol. The van der Waals surface area contributed by atoms with Gasteiger partial charge in [0, 0.05) is 17.1 Å². The van der Waals surface area contributed by atoms with Crippen LogP contribution < -0.4 is 10.1 Å². The zero-order valence-electron chi connectivity index (χ0n) is 12.5. The predicted octanol–water partition coefficient (Wildman–Crippen LogP) is 2.88. The summed E-state index contributed by atoms with van der Waals surface area (Å²) in [6, 6.07) is 5.74. The second kappa shape index (κ2) is 5.67. The Labute approximate surface area is 119 Å². The normalized spacial score (nSPS) is 11.8. The van der Waals surface area contributed by atoms with E-state index in [-0.39, 0.29) is 5.97 Å². The summed E-state index contributed by atoms with van der Waals surface area (Å²) >= 11 is 0. The van der Waals surface area contributed by atoms with E-state index in [0.717, 1.165) is 29.4 Å². The second-order valence-corrected chi connectivity index (χ2v) is 5.99. The number of fused-ring (bicyclic) bond motifs is 1. The van der Waals surface area contributed by atoms with Crippen molar-refractivity contribution in [2.75, 3.05) is 13.6 Å². The van der Waals surface area contributed by atoms with Gasteiger partial charge in [-0.05, 0) is 58.5 Å². The first kappa shape index (κ1) is 14.6. The van der Waals surface area contributed by atoms with Crippen molar-refractivity contribution >= 4 is 16.9 Å². The fourth-order valence-electron chi connectivity index (χ4n) is 2.01. The third-order valence-electron chi connectivity index (χ3n) is 3.21. The molecule has 1 heterocycles. The average Bonchev–Trinajstić information content (AvgIpc) is 2.79. The SMILES string of the molecule is CNCCc1c[nH]c2cccc(OC(=O)C(C)(C)C)c12. The minimum atomic E-state index is -0.510. The third-order valence-corrected chi connectivity index (χ3v) is 3.21. The number of carbonyl (C=O) groups is 1. The molecule has 4 heteroatoms. The van der Waals surface area contributed by atoms with Crippen LogP contribution in [0.1, 0.15) is 26.3 Å². The molecule has 0 saturated carbocycles. The van der Waals surface area contributed by atoms with E-state index >= 15 is 0 Å². The van der Waals surface area contributed by atoms with Gasteiger partial charge in [-0.1, -0.05) is 6.07 Å². The van der Waals surface area contributed by atoms with E-state index in [0.29, 0.717) is 5.75 Å². The van der Waals surface area contributed by atoms with Crippen molar-refractivity contribution < 1.29 is 9.53 Å². The number of esters is 1. The number of aromatic amines is 1. The molecule has 0 aliphatic carbocycles. The van der Waals surface area contributed by atoms with Crippen molar-refractivity contribution in [1.82, 2.24) is 10.3 Å². The van der Waals surface area contributed by atoms with Crippen LogP contribution in [-0.4, -0.2) is 24.5 Å². The highest BCUT2D eigenvalue weighted by molar-refractivity contribution is 5.92. The summed E-state index contributed by atoms with van der Waals surface area (Å²) in [6.45, 7) is 6.45. The van der Waals surface area contributed by atoms with Crippen molar-refractivity contribution in [1.29, 1.82) is 0 Å². The molecule has 0 atom stereocenters. The van der Waals surface area contributed by atoms with Crippen LogP contribution in [0.5, 0.6) is 5.75 Å². The minimum absolute atomic E-state index is 0.217. The molecule has 0 fully saturated rings. The van der Waals surface area contributed by atoms with E-state index in [4.69, 9.17) is 4.74 Å². The largest absolute Gasteiger partial charge is 0.425 e. The molecule has 2 aromatic rings. The maximum Gasteiger partial charge on any atom is 0.316 e. The highest BCUT2D eigenvalue weighted by Crippen LogP contribution is 2.30. The molecular formula is C16H22N2O2. The van der Waals surface area contributed by atoms with E-state index in [9.17, 15) is 4.79 Å². The first-order chi connectivity index (χ1) is 9.43. The molecule has 2 N–H and O–H groups in total. The van der Waals surface area contributed by atoms with Crippen LogP contribution in [0.2, 0.25) is 0 Å². The number of hydrogen-bond donors (Lipinski definition) is 2. The zero-order valence-corrected chi connectivity index (χ0v) is 12.5. The van der Waals surface area contributed by atoms with E-state index < -0.39 is 5.41 Å². The van der Waals surface area contributed by atoms with Gasteiger partial charge in [0.15, 0.2) is 0 Å². The van der Waals surface area contributed by atoms with Crippen LogP contribution in [0.4, 0.5) is 0 Å². The monoisotopic (exact) mass is 274 g/mol. The Morgan fingerprint density at radius 2 is 2.10 bits per heavy atom. The lowest BCUT2D eigenvalue weighted by molar-refractivity contribution is -0.142. The number of aromatic nitrogens is 1. The topological polar surface area (TPSA) is 54.1 Å². The van der Waals surface area contributed by atoms with Gasteiger partial charge in [-0.3, -0.25) is 4.79 Å². The van der Waals surface area contributed by atoms with Gasteiger partial charge in [0.1, 0.15) is 5.75 Å². The fourth-order valence-corrected chi connectivity index (χ4v) is 2.01. The first-order valence-electron chi connectivity index (χ1n) is 6.89. The maximum atomic E-state index is 12.1. The molecule has 0 aliphatic rings. The van der Waals surface area contributed by atoms with Gasteiger partial charge in [-0.25, -0.2) is 0 Å². The van der Waals surface area contributed by atoms with Gasteiger partial charge >= 0.3 is 5.97 Å². The van der Waals surface area contributed by atoms with Crippen molar-refractivity contribution in [3.63, 3.8) is 0 Å². The molecule has 0 aliphatic heterocycles. The summed E-state index contributed by atoms with van der Waals surface area (Å²) in [5.41, 5.74) is 1.64. The Morgan fingerprint density at radius 3 is 2.75 bits per heavy atom. The third kappa shape index (κ3) is 3.02. The lowest BCUT2D eigenvalue weighted by Crippen LogP contribution is -2.25. The number of rotatable bonds is 4. The molecule has 108 valence electrons. The van der Waals surface area contributed by atoms with Crippen molar-refractivity contribution in [2.45, 2.75) is 27.2 Å². The quantitative estimate of drug-likeness (QED) is 0.666. The molecule has 0 unspecified atom stereocenters. The molecule has 1 aromatic heterocycles. The van der Waals surface area contributed by atoms with E-state index in [1.165, 1.54) is 0 Å². The van der Waals surface area contributed by atoms with Crippen LogP contribution in [0.15, 0.2) is 24.4 Å². The molecule has 0 radical (unpaired) electrons. The Hall–Kier alpha value is -1.81. The summed E-state index contributed by atoms with van der Waals surface area (Å²) in [7, 11) is 1.93.